The first-order chi connectivity index (χ1) is 9.81. The number of nitrogens with zero attached hydrogens (tertiary/aromatic N) is 2. The predicted molar refractivity (Wildman–Crippen MR) is 68.7 cm³/mol. The minimum atomic E-state index is -4.43. The molecule has 2 aromatic rings. The maximum Gasteiger partial charge on any atom is 0.416 e. The fourth-order valence-electron chi connectivity index (χ4n) is 1.66. The molecule has 5 nitrogen and oxygen atoms in total. The van der Waals surface area contributed by atoms with Gasteiger partial charge >= 0.3 is 12.1 Å². The van der Waals surface area contributed by atoms with Crippen molar-refractivity contribution in [1.29, 1.82) is 0 Å². The van der Waals surface area contributed by atoms with Crippen LogP contribution in [0.1, 0.15) is 23.0 Å². The molecular weight excluding hydrogens is 287 g/mol. The minimum absolute atomic E-state index is 0.00220. The summed E-state index contributed by atoms with van der Waals surface area (Å²) in [6.45, 7) is 2.29. The molecule has 0 aliphatic carbocycles. The Balaban J connectivity index is 2.12. The van der Waals surface area contributed by atoms with Gasteiger partial charge in [-0.3, -0.25) is 0 Å². The highest BCUT2D eigenvalue weighted by Gasteiger charge is 2.30. The predicted octanol–water partition coefficient (Wildman–Crippen LogP) is 2.72. The van der Waals surface area contributed by atoms with Gasteiger partial charge in [0.05, 0.1) is 5.56 Å². The summed E-state index contributed by atoms with van der Waals surface area (Å²) in [5.41, 5.74) is 4.80. The molecule has 2 rings (SSSR count). The van der Waals surface area contributed by atoms with Crippen LogP contribution in [0.3, 0.4) is 0 Å². The maximum absolute atomic E-state index is 12.4. The van der Waals surface area contributed by atoms with E-state index < -0.39 is 17.7 Å². The van der Waals surface area contributed by atoms with E-state index in [1.807, 2.05) is 0 Å². The van der Waals surface area contributed by atoms with Crippen molar-refractivity contribution >= 4 is 11.8 Å². The molecule has 1 heterocycles. The Morgan fingerprint density at radius 2 is 1.95 bits per heavy atom. The molecule has 112 valence electrons. The van der Waals surface area contributed by atoms with E-state index in [1.165, 1.54) is 10.7 Å². The molecular formula is C13H12F3N3O2. The number of carbonyl (C=O) groups excluding carboxylic acids is 1. The van der Waals surface area contributed by atoms with Crippen molar-refractivity contribution in [3.8, 4) is 5.75 Å². The van der Waals surface area contributed by atoms with Crippen LogP contribution in [-0.4, -0.2) is 15.7 Å². The van der Waals surface area contributed by atoms with Crippen molar-refractivity contribution in [3.63, 3.8) is 0 Å². The van der Waals surface area contributed by atoms with Crippen LogP contribution in [0.25, 0.3) is 0 Å². The molecule has 21 heavy (non-hydrogen) atoms. The topological polar surface area (TPSA) is 70.1 Å². The van der Waals surface area contributed by atoms with Gasteiger partial charge in [0, 0.05) is 12.6 Å². The highest BCUT2D eigenvalue weighted by molar-refractivity contribution is 5.89. The average molecular weight is 299 g/mol. The van der Waals surface area contributed by atoms with E-state index in [2.05, 4.69) is 5.10 Å². The van der Waals surface area contributed by atoms with Gasteiger partial charge in [-0.15, -0.1) is 0 Å². The lowest BCUT2D eigenvalue weighted by Crippen LogP contribution is -2.11. The van der Waals surface area contributed by atoms with Gasteiger partial charge < -0.3 is 10.5 Å². The zero-order valence-electron chi connectivity index (χ0n) is 11.0. The van der Waals surface area contributed by atoms with Crippen molar-refractivity contribution in [2.45, 2.75) is 19.6 Å². The standard InChI is InChI=1S/C13H12F3N3O2/c1-2-19-11(17)7-10(18-19)12(20)21-9-5-3-8(4-6-9)13(14,15)16/h3-7H,2,17H2,1H3. The lowest BCUT2D eigenvalue weighted by Gasteiger charge is -2.07. The molecule has 0 atom stereocenters. The van der Waals surface area contributed by atoms with E-state index in [1.54, 1.807) is 6.92 Å². The number of hydrogen-bond donors (Lipinski definition) is 1. The number of carbonyl (C=O) groups is 1. The summed E-state index contributed by atoms with van der Waals surface area (Å²) >= 11 is 0. The van der Waals surface area contributed by atoms with Crippen molar-refractivity contribution in [1.82, 2.24) is 9.78 Å². The molecule has 1 aromatic carbocycles. The highest BCUT2D eigenvalue weighted by atomic mass is 19.4. The lowest BCUT2D eigenvalue weighted by atomic mass is 10.2. The number of nitrogens with two attached hydrogens (primary N) is 1. The second-order valence-electron chi connectivity index (χ2n) is 4.18. The Morgan fingerprint density at radius 3 is 2.43 bits per heavy atom. The fraction of sp³-hybridized carbons (Fsp3) is 0.231. The third kappa shape index (κ3) is 3.33. The van der Waals surface area contributed by atoms with Crippen LogP contribution in [-0.2, 0) is 12.7 Å². The largest absolute Gasteiger partial charge is 0.422 e. The number of rotatable bonds is 3. The van der Waals surface area contributed by atoms with Crippen LogP contribution in [0, 0.1) is 0 Å². The molecule has 0 saturated carbocycles. The second kappa shape index (κ2) is 5.47. The number of alkyl halides is 3. The SMILES string of the molecule is CCn1nc(C(=O)Oc2ccc(C(F)(F)F)cc2)cc1N. The molecule has 0 spiro atoms. The van der Waals surface area contributed by atoms with Gasteiger partial charge in [-0.25, -0.2) is 9.48 Å². The Kier molecular flexibility index (Phi) is 3.88. The Labute approximate surface area is 118 Å². The molecule has 0 fully saturated rings. The molecule has 0 aliphatic rings. The zero-order valence-corrected chi connectivity index (χ0v) is 11.0. The van der Waals surface area contributed by atoms with E-state index in [0.29, 0.717) is 12.4 Å². The van der Waals surface area contributed by atoms with Crippen LogP contribution in [0.4, 0.5) is 19.0 Å². The molecule has 0 amide bonds. The number of benzene rings is 1. The van der Waals surface area contributed by atoms with Crippen LogP contribution < -0.4 is 10.5 Å². The highest BCUT2D eigenvalue weighted by Crippen LogP contribution is 2.30. The molecule has 0 saturated heterocycles. The van der Waals surface area contributed by atoms with Crippen LogP contribution >= 0.6 is 0 Å². The summed E-state index contributed by atoms with van der Waals surface area (Å²) in [7, 11) is 0. The van der Waals surface area contributed by atoms with Crippen LogP contribution in [0.15, 0.2) is 30.3 Å². The quantitative estimate of drug-likeness (QED) is 0.699. The number of ether oxygens (including phenoxy) is 1. The van der Waals surface area contributed by atoms with E-state index in [0.717, 1.165) is 24.3 Å². The monoisotopic (exact) mass is 299 g/mol. The first-order valence-corrected chi connectivity index (χ1v) is 6.04. The third-order valence-electron chi connectivity index (χ3n) is 2.71. The van der Waals surface area contributed by atoms with E-state index >= 15 is 0 Å². The summed E-state index contributed by atoms with van der Waals surface area (Å²) in [5, 5.41) is 3.92. The zero-order chi connectivity index (χ0) is 15.6. The first-order valence-electron chi connectivity index (χ1n) is 6.04. The third-order valence-corrected chi connectivity index (χ3v) is 2.71. The van der Waals surface area contributed by atoms with Gasteiger partial charge in [0.15, 0.2) is 5.69 Å². The van der Waals surface area contributed by atoms with Gasteiger partial charge in [0.25, 0.3) is 0 Å². The molecule has 1 aromatic heterocycles. The van der Waals surface area contributed by atoms with Crippen LogP contribution in [0.5, 0.6) is 5.75 Å². The summed E-state index contributed by atoms with van der Waals surface area (Å²) in [4.78, 5) is 11.8. The average Bonchev–Trinajstić information content (AvgIpc) is 2.79. The number of aromatic nitrogens is 2. The fourth-order valence-corrected chi connectivity index (χ4v) is 1.66. The summed E-state index contributed by atoms with van der Waals surface area (Å²) < 4.78 is 43.5. The van der Waals surface area contributed by atoms with Gasteiger partial charge in [-0.2, -0.15) is 18.3 Å². The number of esters is 1. The van der Waals surface area contributed by atoms with Gasteiger partial charge in [-0.1, -0.05) is 0 Å². The molecule has 2 N–H and O–H groups in total. The van der Waals surface area contributed by atoms with Crippen LogP contribution in [0.2, 0.25) is 0 Å². The molecule has 8 heteroatoms. The van der Waals surface area contributed by atoms with Gasteiger partial charge in [0.2, 0.25) is 0 Å². The number of anilines is 1. The van der Waals surface area contributed by atoms with Gasteiger partial charge in [-0.05, 0) is 31.2 Å². The molecule has 0 aliphatic heterocycles. The number of hydrogen-bond acceptors (Lipinski definition) is 4. The summed E-state index contributed by atoms with van der Waals surface area (Å²) in [6, 6.07) is 5.15. The van der Waals surface area contributed by atoms with Crippen molar-refractivity contribution in [3.05, 3.63) is 41.6 Å². The normalized spacial score (nSPS) is 11.4. The maximum atomic E-state index is 12.4. The Bertz CT molecular complexity index is 648. The van der Waals surface area contributed by atoms with E-state index in [9.17, 15) is 18.0 Å². The first kappa shape index (κ1) is 14.9. The summed E-state index contributed by atoms with van der Waals surface area (Å²) in [5.74, 6) is -0.483. The second-order valence-corrected chi connectivity index (χ2v) is 4.18. The summed E-state index contributed by atoms with van der Waals surface area (Å²) in [6.07, 6.45) is -4.43. The van der Waals surface area contributed by atoms with Crippen molar-refractivity contribution in [2.75, 3.05) is 5.73 Å². The minimum Gasteiger partial charge on any atom is -0.422 e. The van der Waals surface area contributed by atoms with E-state index in [-0.39, 0.29) is 11.4 Å². The van der Waals surface area contributed by atoms with Crippen molar-refractivity contribution in [2.24, 2.45) is 0 Å². The van der Waals surface area contributed by atoms with E-state index in [4.69, 9.17) is 10.5 Å². The lowest BCUT2D eigenvalue weighted by molar-refractivity contribution is -0.137. The number of nitrogen functional groups attached to an aromatic ring is 1. The number of halogens is 3. The Hall–Kier alpha value is -2.51. The smallest absolute Gasteiger partial charge is 0.416 e. The van der Waals surface area contributed by atoms with Crippen molar-refractivity contribution < 1.29 is 22.7 Å². The van der Waals surface area contributed by atoms with Gasteiger partial charge in [0.1, 0.15) is 11.6 Å². The molecule has 0 radical (unpaired) electrons. The molecule has 0 bridgehead atoms. The number of aryl methyl sites for hydroxylation is 1. The molecule has 0 unspecified atom stereocenters. The Morgan fingerprint density at radius 1 is 1.33 bits per heavy atom.